The molecule has 19 heavy (non-hydrogen) atoms. The second-order valence-electron chi connectivity index (χ2n) is 4.12. The molecule has 0 aliphatic carbocycles. The Morgan fingerprint density at radius 1 is 1.16 bits per heavy atom. The van der Waals surface area contributed by atoms with Gasteiger partial charge in [0.25, 0.3) is 5.91 Å². The van der Waals surface area contributed by atoms with E-state index in [0.29, 0.717) is 16.6 Å². The third kappa shape index (κ3) is 2.01. The number of aromatic nitrogens is 2. The fourth-order valence-corrected chi connectivity index (χ4v) is 1.97. The number of benzene rings is 2. The van der Waals surface area contributed by atoms with Crippen LogP contribution >= 0.6 is 0 Å². The molecular formula is C14H11N3O2. The van der Waals surface area contributed by atoms with Gasteiger partial charge in [0.15, 0.2) is 0 Å². The number of phenolic OH excluding ortho intramolecular Hbond substituents is 1. The lowest BCUT2D eigenvalue weighted by Crippen LogP contribution is -2.11. The summed E-state index contributed by atoms with van der Waals surface area (Å²) in [6.07, 6.45) is 2.98. The van der Waals surface area contributed by atoms with Crippen LogP contribution in [0.25, 0.3) is 10.8 Å². The van der Waals surface area contributed by atoms with E-state index in [9.17, 15) is 9.90 Å². The van der Waals surface area contributed by atoms with Gasteiger partial charge >= 0.3 is 0 Å². The van der Waals surface area contributed by atoms with Crippen LogP contribution in [-0.2, 0) is 0 Å². The van der Waals surface area contributed by atoms with E-state index in [1.54, 1.807) is 30.3 Å². The molecule has 0 unspecified atom stereocenters. The van der Waals surface area contributed by atoms with Gasteiger partial charge < -0.3 is 10.4 Å². The van der Waals surface area contributed by atoms with Crippen molar-refractivity contribution in [2.75, 3.05) is 5.32 Å². The summed E-state index contributed by atoms with van der Waals surface area (Å²) in [5.74, 6) is -0.0542. The summed E-state index contributed by atoms with van der Waals surface area (Å²) in [4.78, 5) is 12.0. The molecule has 0 saturated heterocycles. The summed E-state index contributed by atoms with van der Waals surface area (Å²) in [5.41, 5.74) is 1.11. The maximum Gasteiger partial charge on any atom is 0.258 e. The molecule has 3 aromatic rings. The molecule has 0 aliphatic rings. The number of hydrogen-bond acceptors (Lipinski definition) is 3. The predicted octanol–water partition coefficient (Wildman–Crippen LogP) is 2.52. The lowest BCUT2D eigenvalue weighted by molar-refractivity contribution is 0.102. The minimum absolute atomic E-state index is 0.192. The number of amides is 1. The van der Waals surface area contributed by atoms with Gasteiger partial charge in [0.2, 0.25) is 0 Å². The Hall–Kier alpha value is -2.82. The number of fused-ring (bicyclic) bond motifs is 1. The molecule has 0 radical (unpaired) electrons. The summed E-state index contributed by atoms with van der Waals surface area (Å²) < 4.78 is 0. The van der Waals surface area contributed by atoms with Crippen LogP contribution in [0.5, 0.6) is 5.75 Å². The molecule has 5 nitrogen and oxygen atoms in total. The van der Waals surface area contributed by atoms with Gasteiger partial charge in [-0.25, -0.2) is 0 Å². The average molecular weight is 253 g/mol. The molecule has 0 spiro atoms. The van der Waals surface area contributed by atoms with Crippen LogP contribution in [0, 0.1) is 0 Å². The van der Waals surface area contributed by atoms with Gasteiger partial charge in [-0.3, -0.25) is 9.89 Å². The summed E-state index contributed by atoms with van der Waals surface area (Å²) in [6, 6.07) is 10.6. The lowest BCUT2D eigenvalue weighted by Gasteiger charge is -2.08. The van der Waals surface area contributed by atoms with Gasteiger partial charge in [-0.2, -0.15) is 5.10 Å². The van der Waals surface area contributed by atoms with Gasteiger partial charge in [0.05, 0.1) is 11.8 Å². The number of phenols is 1. The van der Waals surface area contributed by atoms with Crippen LogP contribution in [-0.4, -0.2) is 21.2 Å². The molecule has 1 amide bonds. The first kappa shape index (κ1) is 11.3. The first-order chi connectivity index (χ1) is 9.25. The molecule has 1 aromatic heterocycles. The van der Waals surface area contributed by atoms with Crippen molar-refractivity contribution in [3.63, 3.8) is 0 Å². The van der Waals surface area contributed by atoms with Gasteiger partial charge in [0.1, 0.15) is 5.75 Å². The smallest absolute Gasteiger partial charge is 0.258 e. The maximum absolute atomic E-state index is 12.0. The predicted molar refractivity (Wildman–Crippen MR) is 72.2 cm³/mol. The van der Waals surface area contributed by atoms with Gasteiger partial charge in [-0.15, -0.1) is 0 Å². The Labute approximate surface area is 108 Å². The second-order valence-corrected chi connectivity index (χ2v) is 4.12. The van der Waals surface area contributed by atoms with Crippen molar-refractivity contribution in [3.05, 3.63) is 54.4 Å². The van der Waals surface area contributed by atoms with E-state index in [4.69, 9.17) is 0 Å². The van der Waals surface area contributed by atoms with Gasteiger partial charge in [-0.05, 0) is 12.1 Å². The Morgan fingerprint density at radius 3 is 2.74 bits per heavy atom. The number of hydrogen-bond donors (Lipinski definition) is 3. The molecule has 0 fully saturated rings. The van der Waals surface area contributed by atoms with Crippen molar-refractivity contribution >= 4 is 22.4 Å². The van der Waals surface area contributed by atoms with Crippen LogP contribution in [0.2, 0.25) is 0 Å². The highest BCUT2D eigenvalue weighted by Gasteiger charge is 2.10. The normalized spacial score (nSPS) is 10.5. The van der Waals surface area contributed by atoms with E-state index in [0.717, 1.165) is 5.39 Å². The number of carbonyl (C=O) groups is 1. The number of nitrogens with one attached hydrogen (secondary N) is 2. The Morgan fingerprint density at radius 2 is 1.95 bits per heavy atom. The maximum atomic E-state index is 12.0. The quantitative estimate of drug-likeness (QED) is 0.656. The van der Waals surface area contributed by atoms with Crippen molar-refractivity contribution in [1.29, 1.82) is 0 Å². The number of anilines is 1. The van der Waals surface area contributed by atoms with E-state index in [2.05, 4.69) is 15.5 Å². The zero-order valence-corrected chi connectivity index (χ0v) is 9.92. The van der Waals surface area contributed by atoms with Crippen molar-refractivity contribution in [2.24, 2.45) is 0 Å². The summed E-state index contributed by atoms with van der Waals surface area (Å²) in [5, 5.41) is 20.4. The van der Waals surface area contributed by atoms with E-state index in [-0.39, 0.29) is 11.7 Å². The van der Waals surface area contributed by atoms with E-state index >= 15 is 0 Å². The molecular weight excluding hydrogens is 242 g/mol. The molecule has 0 atom stereocenters. The topological polar surface area (TPSA) is 78.0 Å². The number of nitrogens with zero attached hydrogens (tertiary/aromatic N) is 1. The third-order valence-corrected chi connectivity index (χ3v) is 2.91. The van der Waals surface area contributed by atoms with Crippen molar-refractivity contribution in [1.82, 2.24) is 10.2 Å². The molecule has 2 aromatic carbocycles. The number of aromatic hydroxyl groups is 1. The third-order valence-electron chi connectivity index (χ3n) is 2.91. The highest BCUT2D eigenvalue weighted by atomic mass is 16.3. The lowest BCUT2D eigenvalue weighted by atomic mass is 10.1. The first-order valence-electron chi connectivity index (χ1n) is 5.76. The highest BCUT2D eigenvalue weighted by molar-refractivity contribution is 6.09. The van der Waals surface area contributed by atoms with Crippen molar-refractivity contribution in [2.45, 2.75) is 0 Å². The van der Waals surface area contributed by atoms with Crippen LogP contribution < -0.4 is 5.32 Å². The number of aromatic amines is 1. The Kier molecular flexibility index (Phi) is 2.64. The SMILES string of the molecule is O=C(Nc1cccc2c(O)cccc12)c1cn[nH]c1. The molecule has 3 rings (SSSR count). The molecule has 1 heterocycles. The largest absolute Gasteiger partial charge is 0.507 e. The highest BCUT2D eigenvalue weighted by Crippen LogP contribution is 2.29. The second kappa shape index (κ2) is 4.45. The monoisotopic (exact) mass is 253 g/mol. The summed E-state index contributed by atoms with van der Waals surface area (Å²) in [6.45, 7) is 0. The van der Waals surface area contributed by atoms with E-state index < -0.39 is 0 Å². The van der Waals surface area contributed by atoms with Gasteiger partial charge in [-0.1, -0.05) is 24.3 Å². The van der Waals surface area contributed by atoms with Crippen LogP contribution in [0.15, 0.2) is 48.8 Å². The van der Waals surface area contributed by atoms with Crippen molar-refractivity contribution < 1.29 is 9.90 Å². The van der Waals surface area contributed by atoms with Crippen molar-refractivity contribution in [3.8, 4) is 5.75 Å². The van der Waals surface area contributed by atoms with E-state index in [1.165, 1.54) is 12.4 Å². The molecule has 0 aliphatic heterocycles. The number of rotatable bonds is 2. The Balaban J connectivity index is 2.02. The standard InChI is InChI=1S/C14H11N3O2/c18-13-6-2-3-10-11(13)4-1-5-12(10)17-14(19)9-7-15-16-8-9/h1-8,18H,(H,15,16)(H,17,19). The fourth-order valence-electron chi connectivity index (χ4n) is 1.97. The minimum atomic E-state index is -0.246. The number of carbonyl (C=O) groups excluding carboxylic acids is 1. The average Bonchev–Trinajstić information content (AvgIpc) is 2.94. The van der Waals surface area contributed by atoms with Crippen LogP contribution in [0.3, 0.4) is 0 Å². The van der Waals surface area contributed by atoms with Gasteiger partial charge in [0, 0.05) is 22.7 Å². The first-order valence-corrected chi connectivity index (χ1v) is 5.76. The minimum Gasteiger partial charge on any atom is -0.507 e. The molecule has 5 heteroatoms. The van der Waals surface area contributed by atoms with Crippen LogP contribution in [0.1, 0.15) is 10.4 Å². The molecule has 94 valence electrons. The summed E-state index contributed by atoms with van der Waals surface area (Å²) >= 11 is 0. The molecule has 0 saturated carbocycles. The summed E-state index contributed by atoms with van der Waals surface area (Å²) in [7, 11) is 0. The fraction of sp³-hybridized carbons (Fsp3) is 0. The van der Waals surface area contributed by atoms with Crippen LogP contribution in [0.4, 0.5) is 5.69 Å². The van der Waals surface area contributed by atoms with E-state index in [1.807, 2.05) is 6.07 Å². The molecule has 3 N–H and O–H groups in total. The molecule has 0 bridgehead atoms. The number of H-pyrrole nitrogens is 1. The zero-order valence-electron chi connectivity index (χ0n) is 9.92. The Bertz CT molecular complexity index is 736. The zero-order chi connectivity index (χ0) is 13.2.